The van der Waals surface area contributed by atoms with Gasteiger partial charge in [-0.15, -0.1) is 0 Å². The summed E-state index contributed by atoms with van der Waals surface area (Å²) in [5.74, 6) is 1.30. The fraction of sp³-hybridized carbons (Fsp3) is 0.900. The van der Waals surface area contributed by atoms with E-state index in [4.69, 9.17) is 0 Å². The fourth-order valence-electron chi connectivity index (χ4n) is 1.11. The molecule has 4 heteroatoms. The van der Waals surface area contributed by atoms with E-state index >= 15 is 0 Å². The fourth-order valence-corrected chi connectivity index (χ4v) is 1.60. The molecule has 0 rings (SSSR count). The Kier molecular flexibility index (Phi) is 9.19. The number of hydrogen-bond donors (Lipinski definition) is 2. The van der Waals surface area contributed by atoms with Gasteiger partial charge < -0.3 is 10.6 Å². The molecule has 0 aliphatic heterocycles. The molecule has 0 aliphatic carbocycles. The SMILES string of the molecule is CCNC(=O)C(C)NCCCCSC. The maximum absolute atomic E-state index is 11.3. The lowest BCUT2D eigenvalue weighted by Gasteiger charge is -2.12. The zero-order valence-electron chi connectivity index (χ0n) is 9.43. The minimum Gasteiger partial charge on any atom is -0.355 e. The molecule has 0 saturated heterocycles. The van der Waals surface area contributed by atoms with Crippen molar-refractivity contribution in [2.45, 2.75) is 32.7 Å². The van der Waals surface area contributed by atoms with Crippen molar-refractivity contribution in [3.63, 3.8) is 0 Å². The standard InChI is InChI=1S/C10H22N2OS/c1-4-11-10(13)9(2)12-7-5-6-8-14-3/h9,12H,4-8H2,1-3H3,(H,11,13). The van der Waals surface area contributed by atoms with Crippen LogP contribution in [0.25, 0.3) is 0 Å². The van der Waals surface area contributed by atoms with Crippen LogP contribution in [0.15, 0.2) is 0 Å². The number of unbranched alkanes of at least 4 members (excludes halogenated alkanes) is 1. The Morgan fingerprint density at radius 1 is 1.43 bits per heavy atom. The lowest BCUT2D eigenvalue weighted by atomic mass is 10.3. The van der Waals surface area contributed by atoms with Gasteiger partial charge in [0.2, 0.25) is 5.91 Å². The minimum atomic E-state index is -0.0655. The summed E-state index contributed by atoms with van der Waals surface area (Å²) in [4.78, 5) is 11.3. The van der Waals surface area contributed by atoms with Gasteiger partial charge in [-0.1, -0.05) is 0 Å². The van der Waals surface area contributed by atoms with Gasteiger partial charge in [0.05, 0.1) is 6.04 Å². The molecule has 84 valence electrons. The Labute approximate surface area is 91.4 Å². The van der Waals surface area contributed by atoms with Gasteiger partial charge in [-0.2, -0.15) is 11.8 Å². The van der Waals surface area contributed by atoms with Crippen LogP contribution >= 0.6 is 11.8 Å². The Morgan fingerprint density at radius 3 is 2.71 bits per heavy atom. The first-order valence-electron chi connectivity index (χ1n) is 5.22. The molecule has 1 amide bonds. The molecular weight excluding hydrogens is 196 g/mol. The molecule has 0 aromatic rings. The first kappa shape index (κ1) is 13.8. The molecule has 2 N–H and O–H groups in total. The van der Waals surface area contributed by atoms with Gasteiger partial charge in [0.25, 0.3) is 0 Å². The maximum Gasteiger partial charge on any atom is 0.236 e. The van der Waals surface area contributed by atoms with Crippen LogP contribution in [0.1, 0.15) is 26.7 Å². The molecule has 0 saturated carbocycles. The topological polar surface area (TPSA) is 41.1 Å². The van der Waals surface area contributed by atoms with Crippen LogP contribution in [-0.2, 0) is 4.79 Å². The first-order valence-corrected chi connectivity index (χ1v) is 6.61. The summed E-state index contributed by atoms with van der Waals surface area (Å²) in [6.45, 7) is 5.47. The summed E-state index contributed by atoms with van der Waals surface area (Å²) in [6, 6.07) is -0.0655. The number of thioether (sulfide) groups is 1. The van der Waals surface area contributed by atoms with Crippen LogP contribution in [0, 0.1) is 0 Å². The van der Waals surface area contributed by atoms with Crippen molar-refractivity contribution in [2.24, 2.45) is 0 Å². The van der Waals surface area contributed by atoms with Gasteiger partial charge in [-0.05, 0) is 45.2 Å². The Bertz CT molecular complexity index is 153. The second-order valence-corrected chi connectivity index (χ2v) is 4.26. The van der Waals surface area contributed by atoms with Gasteiger partial charge in [0, 0.05) is 6.54 Å². The molecule has 0 spiro atoms. The van der Waals surface area contributed by atoms with E-state index in [1.54, 1.807) is 0 Å². The van der Waals surface area contributed by atoms with Gasteiger partial charge in [0.15, 0.2) is 0 Å². The summed E-state index contributed by atoms with van der Waals surface area (Å²) in [6.07, 6.45) is 4.48. The number of likely N-dealkylation sites (N-methyl/N-ethyl adjacent to an activating group) is 1. The predicted molar refractivity (Wildman–Crippen MR) is 63.8 cm³/mol. The van der Waals surface area contributed by atoms with Crippen molar-refractivity contribution in [3.8, 4) is 0 Å². The third-order valence-electron chi connectivity index (χ3n) is 1.97. The Morgan fingerprint density at radius 2 is 2.14 bits per heavy atom. The largest absolute Gasteiger partial charge is 0.355 e. The molecule has 1 unspecified atom stereocenters. The number of nitrogens with one attached hydrogen (secondary N) is 2. The van der Waals surface area contributed by atoms with Gasteiger partial charge >= 0.3 is 0 Å². The highest BCUT2D eigenvalue weighted by molar-refractivity contribution is 7.98. The highest BCUT2D eigenvalue weighted by atomic mass is 32.2. The molecule has 0 aliphatic rings. The van der Waals surface area contributed by atoms with E-state index in [1.807, 2.05) is 25.6 Å². The van der Waals surface area contributed by atoms with E-state index < -0.39 is 0 Å². The second kappa shape index (κ2) is 9.34. The molecule has 0 fully saturated rings. The van der Waals surface area contributed by atoms with E-state index in [0.717, 1.165) is 13.0 Å². The van der Waals surface area contributed by atoms with E-state index in [9.17, 15) is 4.79 Å². The van der Waals surface area contributed by atoms with Crippen molar-refractivity contribution in [2.75, 3.05) is 25.1 Å². The molecule has 14 heavy (non-hydrogen) atoms. The van der Waals surface area contributed by atoms with Crippen LogP contribution < -0.4 is 10.6 Å². The van der Waals surface area contributed by atoms with Gasteiger partial charge in [-0.25, -0.2) is 0 Å². The summed E-state index contributed by atoms with van der Waals surface area (Å²) in [5.41, 5.74) is 0. The molecule has 0 aromatic heterocycles. The average molecular weight is 218 g/mol. The highest BCUT2D eigenvalue weighted by Crippen LogP contribution is 1.98. The molecule has 1 atom stereocenters. The lowest BCUT2D eigenvalue weighted by molar-refractivity contribution is -0.122. The maximum atomic E-state index is 11.3. The van der Waals surface area contributed by atoms with E-state index in [1.165, 1.54) is 12.2 Å². The number of carbonyl (C=O) groups excluding carboxylic acids is 1. The summed E-state index contributed by atoms with van der Waals surface area (Å²) < 4.78 is 0. The van der Waals surface area contributed by atoms with Crippen molar-refractivity contribution >= 4 is 17.7 Å². The van der Waals surface area contributed by atoms with Crippen LogP contribution in [-0.4, -0.2) is 37.0 Å². The Hall–Kier alpha value is -0.220. The van der Waals surface area contributed by atoms with Crippen molar-refractivity contribution in [1.29, 1.82) is 0 Å². The molecule has 0 heterocycles. The molecule has 0 bridgehead atoms. The smallest absolute Gasteiger partial charge is 0.236 e. The first-order chi connectivity index (χ1) is 6.72. The third kappa shape index (κ3) is 7.21. The summed E-state index contributed by atoms with van der Waals surface area (Å²) >= 11 is 1.87. The predicted octanol–water partition coefficient (Wildman–Crippen LogP) is 1.24. The number of carbonyl (C=O) groups is 1. The van der Waals surface area contributed by atoms with Crippen molar-refractivity contribution < 1.29 is 4.79 Å². The van der Waals surface area contributed by atoms with Crippen LogP contribution in [0.5, 0.6) is 0 Å². The zero-order chi connectivity index (χ0) is 10.8. The number of amides is 1. The average Bonchev–Trinajstić information content (AvgIpc) is 2.17. The van der Waals surface area contributed by atoms with Crippen molar-refractivity contribution in [3.05, 3.63) is 0 Å². The molecule has 3 nitrogen and oxygen atoms in total. The monoisotopic (exact) mass is 218 g/mol. The minimum absolute atomic E-state index is 0.0655. The van der Waals surface area contributed by atoms with E-state index in [0.29, 0.717) is 6.54 Å². The normalized spacial score (nSPS) is 12.5. The zero-order valence-corrected chi connectivity index (χ0v) is 10.2. The highest BCUT2D eigenvalue weighted by Gasteiger charge is 2.09. The van der Waals surface area contributed by atoms with E-state index in [2.05, 4.69) is 16.9 Å². The van der Waals surface area contributed by atoms with E-state index in [-0.39, 0.29) is 11.9 Å². The third-order valence-corrected chi connectivity index (χ3v) is 2.67. The van der Waals surface area contributed by atoms with Crippen LogP contribution in [0.4, 0.5) is 0 Å². The van der Waals surface area contributed by atoms with Gasteiger partial charge in [-0.3, -0.25) is 4.79 Å². The quantitative estimate of drug-likeness (QED) is 0.602. The van der Waals surface area contributed by atoms with Crippen LogP contribution in [0.3, 0.4) is 0 Å². The summed E-state index contributed by atoms with van der Waals surface area (Å²) in [5, 5.41) is 6.00. The number of rotatable bonds is 8. The van der Waals surface area contributed by atoms with Crippen LogP contribution in [0.2, 0.25) is 0 Å². The lowest BCUT2D eigenvalue weighted by Crippen LogP contribution is -2.42. The van der Waals surface area contributed by atoms with Crippen molar-refractivity contribution in [1.82, 2.24) is 10.6 Å². The molecule has 0 radical (unpaired) electrons. The second-order valence-electron chi connectivity index (χ2n) is 3.27. The molecule has 0 aromatic carbocycles. The van der Waals surface area contributed by atoms with Gasteiger partial charge in [0.1, 0.15) is 0 Å². The number of hydrogen-bond acceptors (Lipinski definition) is 3. The molecular formula is C10H22N2OS. The summed E-state index contributed by atoms with van der Waals surface area (Å²) in [7, 11) is 0. The Balaban J connectivity index is 3.34.